The Morgan fingerprint density at radius 3 is 2.17 bits per heavy atom. The minimum absolute atomic E-state index is 0.236. The van der Waals surface area contributed by atoms with Crippen LogP contribution in [0, 0.1) is 0 Å². The van der Waals surface area contributed by atoms with Gasteiger partial charge in [-0.3, -0.25) is 4.79 Å². The van der Waals surface area contributed by atoms with Crippen molar-refractivity contribution in [3.8, 4) is 0 Å². The summed E-state index contributed by atoms with van der Waals surface area (Å²) in [6.07, 6.45) is 16.4. The molecule has 1 nitrogen and oxygen atoms in total. The molecule has 0 amide bonds. The van der Waals surface area contributed by atoms with E-state index in [9.17, 15) is 4.79 Å². The van der Waals surface area contributed by atoms with Gasteiger partial charge in [0.1, 0.15) is 0 Å². The summed E-state index contributed by atoms with van der Waals surface area (Å²) in [5, 5.41) is 0.236. The maximum Gasteiger partial charge on any atom is 0.211 e. The van der Waals surface area contributed by atoms with Gasteiger partial charge in [-0.2, -0.15) is 0 Å². The van der Waals surface area contributed by atoms with E-state index in [-0.39, 0.29) is 5.12 Å². The number of carbonyl (C=O) groups is 1. The fraction of sp³-hybridized carbons (Fsp3) is 0.812. The molecule has 0 aliphatic heterocycles. The van der Waals surface area contributed by atoms with Crippen molar-refractivity contribution in [2.75, 3.05) is 5.75 Å². The topological polar surface area (TPSA) is 17.1 Å². The third-order valence-corrected chi connectivity index (χ3v) is 3.88. The molecule has 0 heterocycles. The minimum atomic E-state index is 0.236. The summed E-state index contributed by atoms with van der Waals surface area (Å²) in [6.45, 7) is 4.44. The predicted octanol–water partition coefficient (Wildman–Crippen LogP) is 5.74. The lowest BCUT2D eigenvalue weighted by Crippen LogP contribution is -1.89. The van der Waals surface area contributed by atoms with Crippen LogP contribution in [0.1, 0.15) is 78.1 Å². The van der Waals surface area contributed by atoms with Crippen molar-refractivity contribution in [1.29, 1.82) is 0 Å². The molecule has 106 valence electrons. The lowest BCUT2D eigenvalue weighted by atomic mass is 10.1. The molecule has 2 heteroatoms. The molecule has 0 spiro atoms. The van der Waals surface area contributed by atoms with Crippen molar-refractivity contribution in [2.45, 2.75) is 78.1 Å². The molecular formula is C16H30OS. The zero-order valence-corrected chi connectivity index (χ0v) is 13.1. The highest BCUT2D eigenvalue weighted by Crippen LogP contribution is 2.10. The molecule has 0 unspecified atom stereocenters. The normalized spacial score (nSPS) is 11.2. The quantitative estimate of drug-likeness (QED) is 0.332. The van der Waals surface area contributed by atoms with Gasteiger partial charge >= 0.3 is 0 Å². The van der Waals surface area contributed by atoms with E-state index in [2.05, 4.69) is 13.8 Å². The number of unbranched alkanes of at least 4 members (excludes halogenated alkanes) is 8. The van der Waals surface area contributed by atoms with Gasteiger partial charge in [0.2, 0.25) is 5.12 Å². The van der Waals surface area contributed by atoms with Crippen molar-refractivity contribution in [1.82, 2.24) is 0 Å². The molecule has 0 fully saturated rings. The summed E-state index contributed by atoms with van der Waals surface area (Å²) in [5.41, 5.74) is 0. The molecule has 0 rings (SSSR count). The fourth-order valence-electron chi connectivity index (χ4n) is 1.80. The Morgan fingerprint density at radius 1 is 0.889 bits per heavy atom. The van der Waals surface area contributed by atoms with E-state index < -0.39 is 0 Å². The molecule has 0 aliphatic rings. The largest absolute Gasteiger partial charge is 0.282 e. The molecular weight excluding hydrogens is 240 g/mol. The van der Waals surface area contributed by atoms with Gasteiger partial charge in [0, 0.05) is 5.75 Å². The summed E-state index contributed by atoms with van der Waals surface area (Å²) in [4.78, 5) is 11.5. The Kier molecular flexibility index (Phi) is 14.6. The van der Waals surface area contributed by atoms with Gasteiger partial charge in [-0.05, 0) is 25.3 Å². The van der Waals surface area contributed by atoms with Gasteiger partial charge in [0.15, 0.2) is 0 Å². The van der Waals surface area contributed by atoms with E-state index in [4.69, 9.17) is 0 Å². The first kappa shape index (κ1) is 17.8. The summed E-state index contributed by atoms with van der Waals surface area (Å²) in [6, 6.07) is 0. The molecule has 0 bridgehead atoms. The third kappa shape index (κ3) is 13.8. The molecule has 18 heavy (non-hydrogen) atoms. The van der Waals surface area contributed by atoms with Crippen LogP contribution in [0.5, 0.6) is 0 Å². The summed E-state index contributed by atoms with van der Waals surface area (Å²) in [5.74, 6) is 0.986. The Labute approximate surface area is 118 Å². The lowest BCUT2D eigenvalue weighted by Gasteiger charge is -1.98. The number of allylic oxidation sites excluding steroid dienone is 1. The van der Waals surface area contributed by atoms with E-state index in [0.29, 0.717) is 0 Å². The first-order valence-electron chi connectivity index (χ1n) is 7.64. The molecule has 0 aromatic carbocycles. The van der Waals surface area contributed by atoms with Crippen molar-refractivity contribution in [3.05, 3.63) is 12.2 Å². The zero-order valence-electron chi connectivity index (χ0n) is 12.2. The van der Waals surface area contributed by atoms with Crippen molar-refractivity contribution < 1.29 is 4.79 Å². The standard InChI is InChI=1S/C16H30OS/c1-3-5-7-9-10-11-12-14-16(17)18-15-13-8-6-4-2/h12,14H,3-11,13,15H2,1-2H3. The second-order valence-corrected chi connectivity index (χ2v) is 5.93. The van der Waals surface area contributed by atoms with Gasteiger partial charge in [0.05, 0.1) is 0 Å². The van der Waals surface area contributed by atoms with E-state index in [0.717, 1.165) is 12.2 Å². The van der Waals surface area contributed by atoms with Crippen molar-refractivity contribution >= 4 is 16.9 Å². The van der Waals surface area contributed by atoms with Crippen LogP contribution < -0.4 is 0 Å². The highest BCUT2D eigenvalue weighted by Gasteiger charge is 1.96. The summed E-state index contributed by atoms with van der Waals surface area (Å²) >= 11 is 1.47. The van der Waals surface area contributed by atoms with Gasteiger partial charge in [-0.25, -0.2) is 0 Å². The molecule has 0 saturated heterocycles. The van der Waals surface area contributed by atoms with Crippen LogP contribution in [0.4, 0.5) is 0 Å². The van der Waals surface area contributed by atoms with E-state index in [1.54, 1.807) is 6.08 Å². The highest BCUT2D eigenvalue weighted by molar-refractivity contribution is 8.14. The smallest absolute Gasteiger partial charge is 0.211 e. The Hall–Kier alpha value is -0.240. The first-order chi connectivity index (χ1) is 8.81. The maximum absolute atomic E-state index is 11.5. The second kappa shape index (κ2) is 14.8. The van der Waals surface area contributed by atoms with Crippen LogP contribution in [-0.2, 0) is 4.79 Å². The van der Waals surface area contributed by atoms with Gasteiger partial charge < -0.3 is 0 Å². The van der Waals surface area contributed by atoms with Crippen LogP contribution in [0.25, 0.3) is 0 Å². The minimum Gasteiger partial charge on any atom is -0.282 e. The average Bonchev–Trinajstić information content (AvgIpc) is 2.37. The number of thioether (sulfide) groups is 1. The Morgan fingerprint density at radius 2 is 1.50 bits per heavy atom. The maximum atomic E-state index is 11.5. The molecule has 0 N–H and O–H groups in total. The van der Waals surface area contributed by atoms with Crippen LogP contribution in [0.15, 0.2) is 12.2 Å². The molecule has 0 atom stereocenters. The van der Waals surface area contributed by atoms with E-state index >= 15 is 0 Å². The second-order valence-electron chi connectivity index (χ2n) is 4.83. The predicted molar refractivity (Wildman–Crippen MR) is 84.1 cm³/mol. The van der Waals surface area contributed by atoms with E-state index in [1.165, 1.54) is 69.5 Å². The molecule has 0 aliphatic carbocycles. The third-order valence-electron chi connectivity index (χ3n) is 2.97. The first-order valence-corrected chi connectivity index (χ1v) is 8.63. The number of hydrogen-bond acceptors (Lipinski definition) is 2. The fourth-order valence-corrected chi connectivity index (χ4v) is 2.54. The van der Waals surface area contributed by atoms with E-state index in [1.807, 2.05) is 6.08 Å². The van der Waals surface area contributed by atoms with Gasteiger partial charge in [-0.15, -0.1) is 0 Å². The molecule has 0 saturated carbocycles. The number of carbonyl (C=O) groups excluding carboxylic acids is 1. The van der Waals surface area contributed by atoms with Crippen molar-refractivity contribution in [3.63, 3.8) is 0 Å². The highest BCUT2D eigenvalue weighted by atomic mass is 32.2. The van der Waals surface area contributed by atoms with Crippen LogP contribution >= 0.6 is 11.8 Å². The monoisotopic (exact) mass is 270 g/mol. The average molecular weight is 270 g/mol. The molecule has 0 radical (unpaired) electrons. The zero-order chi connectivity index (χ0) is 13.5. The SMILES string of the molecule is CCCCCCCC=CC(=O)SCCCCCC. The molecule has 0 aromatic heterocycles. The van der Waals surface area contributed by atoms with Crippen LogP contribution in [0.3, 0.4) is 0 Å². The lowest BCUT2D eigenvalue weighted by molar-refractivity contribution is -0.107. The van der Waals surface area contributed by atoms with Crippen LogP contribution in [-0.4, -0.2) is 10.9 Å². The summed E-state index contributed by atoms with van der Waals surface area (Å²) < 4.78 is 0. The summed E-state index contributed by atoms with van der Waals surface area (Å²) in [7, 11) is 0. The van der Waals surface area contributed by atoms with Gasteiger partial charge in [0.25, 0.3) is 0 Å². The Balaban J connectivity index is 3.28. The van der Waals surface area contributed by atoms with Crippen molar-refractivity contribution in [2.24, 2.45) is 0 Å². The number of rotatable bonds is 12. The number of hydrogen-bond donors (Lipinski definition) is 0. The molecule has 0 aromatic rings. The Bertz CT molecular complexity index is 211. The van der Waals surface area contributed by atoms with Gasteiger partial charge in [-0.1, -0.05) is 76.6 Å². The van der Waals surface area contributed by atoms with Crippen LogP contribution in [0.2, 0.25) is 0 Å².